The number of ether oxygens (including phenoxy) is 2. The van der Waals surface area contributed by atoms with Crippen LogP contribution in [-0.4, -0.2) is 72.5 Å². The average Bonchev–Trinajstić information content (AvgIpc) is 3.30. The summed E-state index contributed by atoms with van der Waals surface area (Å²) in [6.45, 7) is 1.48. The summed E-state index contributed by atoms with van der Waals surface area (Å²) >= 11 is 1.37. The Morgan fingerprint density at radius 1 is 1.06 bits per heavy atom. The largest absolute Gasteiger partial charge is 0.486 e. The van der Waals surface area contributed by atoms with E-state index in [1.54, 1.807) is 22.4 Å². The fraction of sp³-hybridized carbons (Fsp3) is 0.350. The Balaban J connectivity index is 1.25. The number of fused-ring (bicyclic) bond motifs is 2. The van der Waals surface area contributed by atoms with Crippen molar-refractivity contribution in [3.63, 3.8) is 0 Å². The number of piperazine rings is 1. The number of carbonyl (C=O) groups is 1. The van der Waals surface area contributed by atoms with Gasteiger partial charge in [0.05, 0.1) is 16.6 Å². The number of sulfonamides is 1. The van der Waals surface area contributed by atoms with Crippen molar-refractivity contribution in [1.82, 2.24) is 18.8 Å². The van der Waals surface area contributed by atoms with Gasteiger partial charge in [0.2, 0.25) is 15.9 Å². The summed E-state index contributed by atoms with van der Waals surface area (Å²) in [6.07, 6.45) is 1.38. The lowest BCUT2D eigenvalue weighted by atomic mass is 10.3. The summed E-state index contributed by atoms with van der Waals surface area (Å²) in [5.41, 5.74) is -0.260. The third-order valence-electron chi connectivity index (χ3n) is 5.50. The van der Waals surface area contributed by atoms with E-state index in [2.05, 4.69) is 4.98 Å². The standard InChI is InChI=1S/C20H20N4O6S2/c25-18(12-23-13-21-19-15(20(23)26)3-10-31-19)22-4-6-24(7-5-22)32(27,28)14-1-2-16-17(11-14)30-9-8-29-16/h1-3,10-11,13H,4-9,12H2. The molecule has 0 unspecified atom stereocenters. The van der Waals surface area contributed by atoms with Crippen LogP contribution >= 0.6 is 11.3 Å². The van der Waals surface area contributed by atoms with Gasteiger partial charge in [-0.05, 0) is 23.6 Å². The molecule has 3 aromatic rings. The zero-order valence-electron chi connectivity index (χ0n) is 17.0. The van der Waals surface area contributed by atoms with Crippen molar-refractivity contribution in [2.75, 3.05) is 39.4 Å². The van der Waals surface area contributed by atoms with Crippen LogP contribution in [0.25, 0.3) is 10.2 Å². The molecule has 0 saturated carbocycles. The Bertz CT molecular complexity index is 1340. The quantitative estimate of drug-likeness (QED) is 0.547. The molecule has 0 bridgehead atoms. The molecule has 2 aromatic heterocycles. The van der Waals surface area contributed by atoms with Gasteiger partial charge < -0.3 is 14.4 Å². The minimum atomic E-state index is -3.73. The van der Waals surface area contributed by atoms with E-state index in [0.29, 0.717) is 34.9 Å². The summed E-state index contributed by atoms with van der Waals surface area (Å²) in [4.78, 5) is 31.8. The van der Waals surface area contributed by atoms with Gasteiger partial charge >= 0.3 is 0 Å². The number of hydrogen-bond acceptors (Lipinski definition) is 8. The number of benzene rings is 1. The Morgan fingerprint density at radius 3 is 2.59 bits per heavy atom. The first-order valence-corrected chi connectivity index (χ1v) is 12.4. The van der Waals surface area contributed by atoms with E-state index in [4.69, 9.17) is 9.47 Å². The van der Waals surface area contributed by atoms with Crippen LogP contribution in [-0.2, 0) is 21.4 Å². The van der Waals surface area contributed by atoms with Crippen molar-refractivity contribution in [3.8, 4) is 11.5 Å². The zero-order chi connectivity index (χ0) is 22.3. The Labute approximate surface area is 187 Å². The predicted molar refractivity (Wildman–Crippen MR) is 117 cm³/mol. The van der Waals surface area contributed by atoms with E-state index in [9.17, 15) is 18.0 Å². The molecule has 0 N–H and O–H groups in total. The molecule has 0 atom stereocenters. The molecule has 10 nitrogen and oxygen atoms in total. The molecule has 2 aliphatic heterocycles. The van der Waals surface area contributed by atoms with Gasteiger partial charge in [0.1, 0.15) is 24.6 Å². The molecular formula is C20H20N4O6S2. The first-order valence-electron chi connectivity index (χ1n) is 10.0. The lowest BCUT2D eigenvalue weighted by Crippen LogP contribution is -2.51. The second kappa shape index (κ2) is 8.19. The number of nitrogens with zero attached hydrogens (tertiary/aromatic N) is 4. The van der Waals surface area contributed by atoms with Gasteiger partial charge in [0.15, 0.2) is 11.5 Å². The monoisotopic (exact) mass is 476 g/mol. The smallest absolute Gasteiger partial charge is 0.262 e. The molecule has 1 fully saturated rings. The molecule has 4 heterocycles. The maximum absolute atomic E-state index is 13.1. The molecule has 0 aliphatic carbocycles. The van der Waals surface area contributed by atoms with Gasteiger partial charge in [-0.15, -0.1) is 11.3 Å². The highest BCUT2D eigenvalue weighted by molar-refractivity contribution is 7.89. The summed E-state index contributed by atoms with van der Waals surface area (Å²) in [7, 11) is -3.73. The van der Waals surface area contributed by atoms with Crippen LogP contribution < -0.4 is 15.0 Å². The average molecular weight is 477 g/mol. The van der Waals surface area contributed by atoms with Gasteiger partial charge in [0.25, 0.3) is 5.56 Å². The Hall–Kier alpha value is -2.96. The Kier molecular flexibility index (Phi) is 5.35. The van der Waals surface area contributed by atoms with Crippen molar-refractivity contribution in [1.29, 1.82) is 0 Å². The van der Waals surface area contributed by atoms with Crippen LogP contribution in [0.15, 0.2) is 45.7 Å². The number of carbonyl (C=O) groups excluding carboxylic acids is 1. The number of aromatic nitrogens is 2. The second-order valence-corrected chi connectivity index (χ2v) is 10.2. The van der Waals surface area contributed by atoms with E-state index >= 15 is 0 Å². The van der Waals surface area contributed by atoms with E-state index in [1.807, 2.05) is 0 Å². The van der Waals surface area contributed by atoms with Crippen molar-refractivity contribution < 1.29 is 22.7 Å². The van der Waals surface area contributed by atoms with Crippen molar-refractivity contribution in [2.24, 2.45) is 0 Å². The summed E-state index contributed by atoms with van der Waals surface area (Å²) in [5.74, 6) is 0.684. The zero-order valence-corrected chi connectivity index (χ0v) is 18.6. The molecular weight excluding hydrogens is 456 g/mol. The first-order chi connectivity index (χ1) is 15.4. The minimum absolute atomic E-state index is 0.128. The lowest BCUT2D eigenvalue weighted by molar-refractivity contribution is -0.133. The van der Waals surface area contributed by atoms with E-state index in [-0.39, 0.29) is 49.1 Å². The summed E-state index contributed by atoms with van der Waals surface area (Å²) in [5, 5.41) is 2.27. The fourth-order valence-corrected chi connectivity index (χ4v) is 5.92. The topological polar surface area (TPSA) is 111 Å². The first kappa shape index (κ1) is 20.9. The van der Waals surface area contributed by atoms with Crippen LogP contribution in [0.5, 0.6) is 11.5 Å². The molecule has 0 radical (unpaired) electrons. The maximum atomic E-state index is 13.1. The lowest BCUT2D eigenvalue weighted by Gasteiger charge is -2.34. The van der Waals surface area contributed by atoms with Crippen LogP contribution in [0.2, 0.25) is 0 Å². The summed E-state index contributed by atoms with van der Waals surface area (Å²) < 4.78 is 39.7. The fourth-order valence-electron chi connectivity index (χ4n) is 3.76. The number of rotatable bonds is 4. The number of thiophene rings is 1. The maximum Gasteiger partial charge on any atom is 0.262 e. The number of amides is 1. The Morgan fingerprint density at radius 2 is 1.81 bits per heavy atom. The highest BCUT2D eigenvalue weighted by Gasteiger charge is 2.31. The molecule has 0 spiro atoms. The predicted octanol–water partition coefficient (Wildman–Crippen LogP) is 0.762. The van der Waals surface area contributed by atoms with Crippen molar-refractivity contribution >= 4 is 37.5 Å². The molecule has 1 amide bonds. The minimum Gasteiger partial charge on any atom is -0.486 e. The van der Waals surface area contributed by atoms with Crippen molar-refractivity contribution in [2.45, 2.75) is 11.4 Å². The molecule has 12 heteroatoms. The van der Waals surface area contributed by atoms with Gasteiger partial charge in [0, 0.05) is 32.2 Å². The summed E-state index contributed by atoms with van der Waals surface area (Å²) in [6, 6.07) is 6.26. The van der Waals surface area contributed by atoms with E-state index < -0.39 is 10.0 Å². The number of hydrogen-bond donors (Lipinski definition) is 0. The van der Waals surface area contributed by atoms with Crippen LogP contribution in [0.1, 0.15) is 0 Å². The normalized spacial score (nSPS) is 16.9. The highest BCUT2D eigenvalue weighted by atomic mass is 32.2. The SMILES string of the molecule is O=C(Cn1cnc2sccc2c1=O)N1CCN(S(=O)(=O)c2ccc3c(c2)OCCO3)CC1. The van der Waals surface area contributed by atoms with E-state index in [0.717, 1.165) is 0 Å². The molecule has 1 aromatic carbocycles. The second-order valence-electron chi connectivity index (χ2n) is 7.41. The van der Waals surface area contributed by atoms with Crippen LogP contribution in [0.3, 0.4) is 0 Å². The molecule has 32 heavy (non-hydrogen) atoms. The third kappa shape index (κ3) is 3.74. The highest BCUT2D eigenvalue weighted by Crippen LogP contribution is 2.33. The van der Waals surface area contributed by atoms with E-state index in [1.165, 1.54) is 38.7 Å². The van der Waals surface area contributed by atoms with Gasteiger partial charge in [-0.1, -0.05) is 0 Å². The molecule has 168 valence electrons. The third-order valence-corrected chi connectivity index (χ3v) is 8.21. The van der Waals surface area contributed by atoms with Crippen LogP contribution in [0.4, 0.5) is 0 Å². The molecule has 2 aliphatic rings. The van der Waals surface area contributed by atoms with Gasteiger partial charge in [-0.3, -0.25) is 14.2 Å². The molecule has 5 rings (SSSR count). The van der Waals surface area contributed by atoms with Crippen molar-refractivity contribution in [3.05, 3.63) is 46.3 Å². The van der Waals surface area contributed by atoms with Crippen LogP contribution in [0, 0.1) is 0 Å². The molecule has 1 saturated heterocycles. The van der Waals surface area contributed by atoms with Gasteiger partial charge in [-0.2, -0.15) is 4.31 Å². The van der Waals surface area contributed by atoms with Gasteiger partial charge in [-0.25, -0.2) is 13.4 Å².